The van der Waals surface area contributed by atoms with Crippen LogP contribution in [0.4, 0.5) is 0 Å². The van der Waals surface area contributed by atoms with Gasteiger partial charge in [-0.2, -0.15) is 0 Å². The van der Waals surface area contributed by atoms with Crippen LogP contribution in [-0.4, -0.2) is 23.7 Å². The Hall–Kier alpha value is -1.35. The zero-order chi connectivity index (χ0) is 12.3. The number of aliphatic carboxylic acids is 1. The van der Waals surface area contributed by atoms with Crippen LogP contribution in [0.1, 0.15) is 36.3 Å². The highest BCUT2D eigenvalue weighted by Crippen LogP contribution is 2.27. The van der Waals surface area contributed by atoms with Gasteiger partial charge in [0, 0.05) is 6.04 Å². The predicted octanol–water partition coefficient (Wildman–Crippen LogP) is 2.31. The summed E-state index contributed by atoms with van der Waals surface area (Å²) in [4.78, 5) is 11.5. The molecule has 1 aliphatic heterocycles. The molecule has 2 unspecified atom stereocenters. The number of benzene rings is 1. The minimum atomic E-state index is -0.723. The van der Waals surface area contributed by atoms with E-state index in [4.69, 9.17) is 0 Å². The first-order valence-electron chi connectivity index (χ1n) is 6.22. The minimum absolute atomic E-state index is 0.0716. The number of rotatable bonds is 3. The molecule has 3 nitrogen and oxygen atoms in total. The Bertz CT molecular complexity index is 397. The molecule has 2 rings (SSSR count). The van der Waals surface area contributed by atoms with Gasteiger partial charge in [0.05, 0.1) is 5.92 Å². The second-order valence-electron chi connectivity index (χ2n) is 4.73. The molecule has 1 heterocycles. The fourth-order valence-corrected chi connectivity index (χ4v) is 2.62. The van der Waals surface area contributed by atoms with Crippen LogP contribution in [-0.2, 0) is 4.79 Å². The summed E-state index contributed by atoms with van der Waals surface area (Å²) in [6.07, 6.45) is 3.22. The number of hydrogen-bond acceptors (Lipinski definition) is 2. The molecule has 3 heteroatoms. The smallest absolute Gasteiger partial charge is 0.312 e. The molecular weight excluding hydrogens is 214 g/mol. The maximum atomic E-state index is 11.5. The quantitative estimate of drug-likeness (QED) is 0.842. The van der Waals surface area contributed by atoms with E-state index in [-0.39, 0.29) is 6.04 Å². The molecule has 2 atom stereocenters. The van der Waals surface area contributed by atoms with E-state index in [2.05, 4.69) is 5.32 Å². The first-order valence-corrected chi connectivity index (χ1v) is 6.22. The molecule has 0 bridgehead atoms. The van der Waals surface area contributed by atoms with E-state index < -0.39 is 11.9 Å². The molecule has 1 aromatic carbocycles. The zero-order valence-corrected chi connectivity index (χ0v) is 10.1. The van der Waals surface area contributed by atoms with Crippen molar-refractivity contribution in [1.29, 1.82) is 0 Å². The zero-order valence-electron chi connectivity index (χ0n) is 10.1. The number of piperidine rings is 1. The van der Waals surface area contributed by atoms with Gasteiger partial charge in [0.25, 0.3) is 0 Å². The van der Waals surface area contributed by atoms with Gasteiger partial charge in [-0.15, -0.1) is 0 Å². The van der Waals surface area contributed by atoms with Crippen LogP contribution < -0.4 is 5.32 Å². The van der Waals surface area contributed by atoms with Crippen LogP contribution in [0, 0.1) is 6.92 Å². The van der Waals surface area contributed by atoms with E-state index in [0.717, 1.165) is 36.9 Å². The molecule has 0 saturated carbocycles. The average molecular weight is 233 g/mol. The Morgan fingerprint density at radius 3 is 2.76 bits per heavy atom. The standard InChI is InChI=1S/C14H19NO2/c1-10-6-2-3-7-11(10)13(14(16)17)12-8-4-5-9-15-12/h2-3,6-7,12-13,15H,4-5,8-9H2,1H3,(H,16,17). The minimum Gasteiger partial charge on any atom is -0.481 e. The van der Waals surface area contributed by atoms with Crippen molar-refractivity contribution in [3.05, 3.63) is 35.4 Å². The Morgan fingerprint density at radius 1 is 1.41 bits per heavy atom. The summed E-state index contributed by atoms with van der Waals surface area (Å²) >= 11 is 0. The molecule has 92 valence electrons. The maximum Gasteiger partial charge on any atom is 0.312 e. The van der Waals surface area contributed by atoms with E-state index in [1.54, 1.807) is 0 Å². The van der Waals surface area contributed by atoms with E-state index in [0.29, 0.717) is 0 Å². The van der Waals surface area contributed by atoms with Gasteiger partial charge >= 0.3 is 5.97 Å². The van der Waals surface area contributed by atoms with Gasteiger partial charge in [-0.25, -0.2) is 0 Å². The lowest BCUT2D eigenvalue weighted by atomic mass is 9.84. The van der Waals surface area contributed by atoms with Crippen LogP contribution >= 0.6 is 0 Å². The number of carboxylic acid groups (broad SMARTS) is 1. The molecule has 0 aromatic heterocycles. The number of carbonyl (C=O) groups is 1. The van der Waals surface area contributed by atoms with Crippen molar-refractivity contribution in [2.24, 2.45) is 0 Å². The molecule has 0 amide bonds. The average Bonchev–Trinajstić information content (AvgIpc) is 2.33. The van der Waals surface area contributed by atoms with Crippen molar-refractivity contribution < 1.29 is 9.90 Å². The van der Waals surface area contributed by atoms with Crippen molar-refractivity contribution in [3.8, 4) is 0 Å². The van der Waals surface area contributed by atoms with Crippen molar-refractivity contribution in [1.82, 2.24) is 5.32 Å². The van der Waals surface area contributed by atoms with Gasteiger partial charge in [0.1, 0.15) is 0 Å². The van der Waals surface area contributed by atoms with Crippen LogP contribution in [0.5, 0.6) is 0 Å². The molecular formula is C14H19NO2. The van der Waals surface area contributed by atoms with Crippen LogP contribution in [0.25, 0.3) is 0 Å². The molecule has 0 aliphatic carbocycles. The van der Waals surface area contributed by atoms with Gasteiger partial charge in [0.2, 0.25) is 0 Å². The Labute approximate surface area is 102 Å². The van der Waals surface area contributed by atoms with E-state index in [1.807, 2.05) is 31.2 Å². The Morgan fingerprint density at radius 2 is 2.18 bits per heavy atom. The Kier molecular flexibility index (Phi) is 3.79. The second-order valence-corrected chi connectivity index (χ2v) is 4.73. The molecule has 1 saturated heterocycles. The number of nitrogens with one attached hydrogen (secondary N) is 1. The summed E-state index contributed by atoms with van der Waals surface area (Å²) in [7, 11) is 0. The lowest BCUT2D eigenvalue weighted by Crippen LogP contribution is -2.42. The van der Waals surface area contributed by atoms with Gasteiger partial charge < -0.3 is 10.4 Å². The molecule has 2 N–H and O–H groups in total. The summed E-state index contributed by atoms with van der Waals surface area (Å²) < 4.78 is 0. The van der Waals surface area contributed by atoms with Crippen molar-refractivity contribution in [2.75, 3.05) is 6.54 Å². The first kappa shape index (κ1) is 12.1. The van der Waals surface area contributed by atoms with Crippen molar-refractivity contribution in [3.63, 3.8) is 0 Å². The number of hydrogen-bond donors (Lipinski definition) is 2. The molecule has 0 spiro atoms. The molecule has 0 radical (unpaired) electrons. The summed E-state index contributed by atoms with van der Waals surface area (Å²) in [6, 6.07) is 7.86. The monoisotopic (exact) mass is 233 g/mol. The van der Waals surface area contributed by atoms with Gasteiger partial charge in [0.15, 0.2) is 0 Å². The third kappa shape index (κ3) is 2.67. The largest absolute Gasteiger partial charge is 0.481 e. The summed E-state index contributed by atoms with van der Waals surface area (Å²) in [6.45, 7) is 2.91. The topological polar surface area (TPSA) is 49.3 Å². The lowest BCUT2D eigenvalue weighted by Gasteiger charge is -2.29. The summed E-state index contributed by atoms with van der Waals surface area (Å²) in [5, 5.41) is 12.8. The summed E-state index contributed by atoms with van der Waals surface area (Å²) in [5.41, 5.74) is 2.01. The highest BCUT2D eigenvalue weighted by Gasteiger charge is 2.31. The third-order valence-corrected chi connectivity index (χ3v) is 3.54. The maximum absolute atomic E-state index is 11.5. The second kappa shape index (κ2) is 5.32. The predicted molar refractivity (Wildman–Crippen MR) is 67.2 cm³/mol. The Balaban J connectivity index is 2.28. The number of aryl methyl sites for hydroxylation is 1. The van der Waals surface area contributed by atoms with Gasteiger partial charge in [-0.1, -0.05) is 30.7 Å². The molecule has 1 aliphatic rings. The molecule has 17 heavy (non-hydrogen) atoms. The highest BCUT2D eigenvalue weighted by atomic mass is 16.4. The highest BCUT2D eigenvalue weighted by molar-refractivity contribution is 5.77. The van der Waals surface area contributed by atoms with E-state index >= 15 is 0 Å². The van der Waals surface area contributed by atoms with E-state index in [1.165, 1.54) is 0 Å². The van der Waals surface area contributed by atoms with E-state index in [9.17, 15) is 9.90 Å². The third-order valence-electron chi connectivity index (χ3n) is 3.54. The van der Waals surface area contributed by atoms with Gasteiger partial charge in [-0.3, -0.25) is 4.79 Å². The first-order chi connectivity index (χ1) is 8.20. The molecule has 1 fully saturated rings. The fourth-order valence-electron chi connectivity index (χ4n) is 2.62. The van der Waals surface area contributed by atoms with Crippen LogP contribution in [0.3, 0.4) is 0 Å². The SMILES string of the molecule is Cc1ccccc1C(C(=O)O)C1CCCCN1. The van der Waals surface area contributed by atoms with Crippen LogP contribution in [0.15, 0.2) is 24.3 Å². The summed E-state index contributed by atoms with van der Waals surface area (Å²) in [5.74, 6) is -1.14. The molecule has 1 aromatic rings. The van der Waals surface area contributed by atoms with Crippen molar-refractivity contribution in [2.45, 2.75) is 38.1 Å². The fraction of sp³-hybridized carbons (Fsp3) is 0.500. The van der Waals surface area contributed by atoms with Crippen LogP contribution in [0.2, 0.25) is 0 Å². The van der Waals surface area contributed by atoms with Gasteiger partial charge in [-0.05, 0) is 37.4 Å². The van der Waals surface area contributed by atoms with Crippen molar-refractivity contribution >= 4 is 5.97 Å². The lowest BCUT2D eigenvalue weighted by molar-refractivity contribution is -0.139. The number of carboxylic acids is 1. The normalized spacial score (nSPS) is 22.1.